The summed E-state index contributed by atoms with van der Waals surface area (Å²) in [6.07, 6.45) is 1.11. The van der Waals surface area contributed by atoms with Gasteiger partial charge in [0.15, 0.2) is 5.96 Å². The average molecular weight is 496 g/mol. The fourth-order valence-electron chi connectivity index (χ4n) is 3.35. The fraction of sp³-hybridized carbons (Fsp3) is 0.381. The largest absolute Gasteiger partial charge is 0.497 e. The van der Waals surface area contributed by atoms with Gasteiger partial charge in [-0.05, 0) is 30.5 Å². The maximum atomic E-state index is 6.10. The highest BCUT2D eigenvalue weighted by Gasteiger charge is 2.22. The summed E-state index contributed by atoms with van der Waals surface area (Å²) in [6.45, 7) is 3.25. The van der Waals surface area contributed by atoms with Crippen molar-refractivity contribution in [1.82, 2.24) is 0 Å². The maximum absolute atomic E-state index is 6.10. The number of halogens is 1. The number of rotatable bonds is 7. The molecule has 6 nitrogen and oxygen atoms in total. The number of nitrogens with one attached hydrogen (secondary N) is 1. The van der Waals surface area contributed by atoms with Crippen LogP contribution in [0.3, 0.4) is 0 Å². The van der Waals surface area contributed by atoms with Crippen LogP contribution < -0.4 is 20.7 Å². The quantitative estimate of drug-likeness (QED) is 0.348. The number of anilines is 2. The molecule has 3 rings (SSSR count). The second-order valence-corrected chi connectivity index (χ2v) is 6.74. The molecular formula is C21H29IN4O2. The Labute approximate surface area is 184 Å². The zero-order valence-electron chi connectivity index (χ0n) is 16.4. The molecule has 1 fully saturated rings. The Bertz CT molecular complexity index is 785. The van der Waals surface area contributed by atoms with E-state index in [0.29, 0.717) is 25.0 Å². The summed E-state index contributed by atoms with van der Waals surface area (Å²) in [7, 11) is 3.38. The number of methoxy groups -OCH3 is 2. The lowest BCUT2D eigenvalue weighted by atomic mass is 10.1. The summed E-state index contributed by atoms with van der Waals surface area (Å²) in [5, 5.41) is 3.19. The van der Waals surface area contributed by atoms with E-state index in [1.807, 2.05) is 36.4 Å². The molecule has 152 valence electrons. The molecule has 0 aromatic heterocycles. The average Bonchev–Trinajstić information content (AvgIpc) is 3.17. The van der Waals surface area contributed by atoms with Gasteiger partial charge < -0.3 is 25.4 Å². The Hall–Kier alpha value is -2.00. The number of nitrogens with zero attached hydrogens (tertiary/aromatic N) is 2. The van der Waals surface area contributed by atoms with Crippen molar-refractivity contribution in [1.29, 1.82) is 0 Å². The van der Waals surface area contributed by atoms with Crippen molar-refractivity contribution in [3.05, 3.63) is 54.1 Å². The van der Waals surface area contributed by atoms with Gasteiger partial charge in [0.05, 0.1) is 13.7 Å². The van der Waals surface area contributed by atoms with Gasteiger partial charge in [-0.1, -0.05) is 24.3 Å². The standard InChI is InChI=1S/C21H28N4O2.HI/c1-26-15-17-6-3-4-9-20(17)24-21(22)23-13-16-10-11-25(14-16)18-7-5-8-19(12-18)27-2;/h3-9,12,16H,10-11,13-15H2,1-2H3,(H3,22,23,24);1H. The van der Waals surface area contributed by atoms with Crippen LogP contribution in [0.25, 0.3) is 0 Å². The number of para-hydroxylation sites is 1. The van der Waals surface area contributed by atoms with Gasteiger partial charge in [-0.15, -0.1) is 24.0 Å². The first-order chi connectivity index (χ1) is 13.2. The Morgan fingerprint density at radius 3 is 2.82 bits per heavy atom. The summed E-state index contributed by atoms with van der Waals surface area (Å²) in [5.74, 6) is 1.82. The predicted molar refractivity (Wildman–Crippen MR) is 126 cm³/mol. The summed E-state index contributed by atoms with van der Waals surface area (Å²) < 4.78 is 10.5. The minimum atomic E-state index is 0. The topological polar surface area (TPSA) is 72.1 Å². The Morgan fingerprint density at radius 2 is 2.04 bits per heavy atom. The van der Waals surface area contributed by atoms with Gasteiger partial charge in [0.25, 0.3) is 0 Å². The normalized spacial score (nSPS) is 16.6. The van der Waals surface area contributed by atoms with Crippen molar-refractivity contribution in [3.63, 3.8) is 0 Å². The third kappa shape index (κ3) is 6.00. The van der Waals surface area contributed by atoms with Crippen LogP contribution in [-0.2, 0) is 11.3 Å². The van der Waals surface area contributed by atoms with E-state index in [-0.39, 0.29) is 24.0 Å². The Kier molecular flexibility index (Phi) is 8.85. The van der Waals surface area contributed by atoms with Crippen LogP contribution in [0.1, 0.15) is 12.0 Å². The SMILES string of the molecule is COCc1ccccc1NC(N)=NCC1CCN(c2cccc(OC)c2)C1.I. The zero-order chi connectivity index (χ0) is 19.1. The zero-order valence-corrected chi connectivity index (χ0v) is 18.8. The molecule has 2 aromatic rings. The molecule has 7 heteroatoms. The van der Waals surface area contributed by atoms with Crippen molar-refractivity contribution in [2.45, 2.75) is 13.0 Å². The van der Waals surface area contributed by atoms with E-state index in [9.17, 15) is 0 Å². The van der Waals surface area contributed by atoms with E-state index < -0.39 is 0 Å². The smallest absolute Gasteiger partial charge is 0.193 e. The monoisotopic (exact) mass is 496 g/mol. The van der Waals surface area contributed by atoms with E-state index in [0.717, 1.165) is 36.5 Å². The second-order valence-electron chi connectivity index (χ2n) is 6.74. The molecule has 0 amide bonds. The van der Waals surface area contributed by atoms with Gasteiger partial charge >= 0.3 is 0 Å². The highest BCUT2D eigenvalue weighted by molar-refractivity contribution is 14.0. The molecule has 0 radical (unpaired) electrons. The number of aliphatic imine (C=N–C) groups is 1. The molecule has 1 saturated heterocycles. The number of benzene rings is 2. The lowest BCUT2D eigenvalue weighted by molar-refractivity contribution is 0.185. The van der Waals surface area contributed by atoms with E-state index in [4.69, 9.17) is 15.2 Å². The molecule has 1 atom stereocenters. The number of nitrogens with two attached hydrogens (primary N) is 1. The number of hydrogen-bond acceptors (Lipinski definition) is 4. The van der Waals surface area contributed by atoms with Gasteiger partial charge in [-0.2, -0.15) is 0 Å². The fourth-order valence-corrected chi connectivity index (χ4v) is 3.35. The summed E-state index contributed by atoms with van der Waals surface area (Å²) >= 11 is 0. The van der Waals surface area contributed by atoms with Crippen molar-refractivity contribution < 1.29 is 9.47 Å². The molecule has 1 unspecified atom stereocenters. The first kappa shape index (κ1) is 22.3. The molecule has 1 aliphatic rings. The first-order valence-corrected chi connectivity index (χ1v) is 9.22. The van der Waals surface area contributed by atoms with E-state index in [1.165, 1.54) is 5.69 Å². The minimum Gasteiger partial charge on any atom is -0.497 e. The first-order valence-electron chi connectivity index (χ1n) is 9.22. The third-order valence-corrected chi connectivity index (χ3v) is 4.80. The summed E-state index contributed by atoms with van der Waals surface area (Å²) in [5.41, 5.74) is 9.29. The number of hydrogen-bond donors (Lipinski definition) is 2. The Balaban J connectivity index is 0.00000280. The van der Waals surface area contributed by atoms with E-state index >= 15 is 0 Å². The van der Waals surface area contributed by atoms with Crippen LogP contribution in [0.5, 0.6) is 5.75 Å². The highest BCUT2D eigenvalue weighted by atomic mass is 127. The van der Waals surface area contributed by atoms with Crippen molar-refractivity contribution in [2.24, 2.45) is 16.6 Å². The number of ether oxygens (including phenoxy) is 2. The maximum Gasteiger partial charge on any atom is 0.193 e. The molecule has 0 aliphatic carbocycles. The molecule has 3 N–H and O–H groups in total. The van der Waals surface area contributed by atoms with Gasteiger partial charge in [-0.25, -0.2) is 0 Å². The van der Waals surface area contributed by atoms with E-state index in [1.54, 1.807) is 14.2 Å². The van der Waals surface area contributed by atoms with Crippen LogP contribution in [0.15, 0.2) is 53.5 Å². The van der Waals surface area contributed by atoms with Gasteiger partial charge in [0.2, 0.25) is 0 Å². The molecule has 0 bridgehead atoms. The molecule has 1 heterocycles. The Morgan fingerprint density at radius 1 is 1.21 bits per heavy atom. The third-order valence-electron chi connectivity index (χ3n) is 4.80. The molecular weight excluding hydrogens is 467 g/mol. The van der Waals surface area contributed by atoms with Crippen molar-refractivity contribution >= 4 is 41.3 Å². The second kappa shape index (κ2) is 11.1. The lowest BCUT2D eigenvalue weighted by Crippen LogP contribution is -2.25. The van der Waals surface area contributed by atoms with E-state index in [2.05, 4.69) is 27.3 Å². The minimum absolute atomic E-state index is 0. The van der Waals surface area contributed by atoms with Crippen LogP contribution >= 0.6 is 24.0 Å². The van der Waals surface area contributed by atoms with Gasteiger partial charge in [0, 0.05) is 49.7 Å². The molecule has 2 aromatic carbocycles. The molecule has 1 aliphatic heterocycles. The van der Waals surface area contributed by atoms with Gasteiger partial charge in [-0.3, -0.25) is 4.99 Å². The lowest BCUT2D eigenvalue weighted by Gasteiger charge is -2.19. The van der Waals surface area contributed by atoms with Crippen LogP contribution in [-0.4, -0.2) is 39.8 Å². The predicted octanol–water partition coefficient (Wildman–Crippen LogP) is 3.71. The molecule has 0 saturated carbocycles. The van der Waals surface area contributed by atoms with Crippen molar-refractivity contribution in [3.8, 4) is 5.75 Å². The molecule has 28 heavy (non-hydrogen) atoms. The summed E-state index contributed by atoms with van der Waals surface area (Å²) in [4.78, 5) is 6.93. The van der Waals surface area contributed by atoms with Gasteiger partial charge in [0.1, 0.15) is 5.75 Å². The number of guanidine groups is 1. The highest BCUT2D eigenvalue weighted by Crippen LogP contribution is 2.27. The van der Waals surface area contributed by atoms with Crippen LogP contribution in [0.2, 0.25) is 0 Å². The van der Waals surface area contributed by atoms with Crippen LogP contribution in [0.4, 0.5) is 11.4 Å². The molecule has 0 spiro atoms. The summed E-state index contributed by atoms with van der Waals surface area (Å²) in [6, 6.07) is 16.1. The van der Waals surface area contributed by atoms with Crippen molar-refractivity contribution in [2.75, 3.05) is 44.1 Å². The van der Waals surface area contributed by atoms with Crippen LogP contribution in [0, 0.1) is 5.92 Å².